The quantitative estimate of drug-likeness (QED) is 0.296. The van der Waals surface area contributed by atoms with Crippen molar-refractivity contribution in [2.75, 3.05) is 5.32 Å². The zero-order valence-corrected chi connectivity index (χ0v) is 21.4. The predicted octanol–water partition coefficient (Wildman–Crippen LogP) is 4.55. The Kier molecular flexibility index (Phi) is 7.42. The molecule has 0 saturated carbocycles. The highest BCUT2D eigenvalue weighted by molar-refractivity contribution is 7.92. The molecule has 0 aliphatic carbocycles. The number of alkyl halides is 3. The minimum absolute atomic E-state index is 0.0412. The average molecular weight is 565 g/mol. The average Bonchev–Trinajstić information content (AvgIpc) is 3.53. The van der Waals surface area contributed by atoms with E-state index in [1.807, 2.05) is 6.92 Å². The molecule has 0 aliphatic rings. The van der Waals surface area contributed by atoms with Crippen LogP contribution in [0, 0.1) is 6.92 Å². The maximum absolute atomic E-state index is 12.8. The number of nitrogens with one attached hydrogen (secondary N) is 2. The van der Waals surface area contributed by atoms with Crippen LogP contribution in [-0.4, -0.2) is 50.5 Å². The third-order valence-electron chi connectivity index (χ3n) is 5.27. The van der Waals surface area contributed by atoms with Crippen LogP contribution in [0.15, 0.2) is 53.9 Å². The Morgan fingerprint density at radius 2 is 1.87 bits per heavy atom. The monoisotopic (exact) mass is 564 g/mol. The lowest BCUT2D eigenvalue weighted by Gasteiger charge is -2.10. The van der Waals surface area contributed by atoms with Gasteiger partial charge in [-0.05, 0) is 31.2 Å². The number of rotatable bonds is 8. The molecule has 198 valence electrons. The molecule has 0 bridgehead atoms. The Balaban J connectivity index is 1.43. The first kappa shape index (κ1) is 27.1. The fourth-order valence-electron chi connectivity index (χ4n) is 3.34. The normalized spacial score (nSPS) is 12.8. The first-order chi connectivity index (χ1) is 17.8. The van der Waals surface area contributed by atoms with Gasteiger partial charge in [-0.1, -0.05) is 13.0 Å². The molecule has 4 rings (SSSR count). The number of hydrogen-bond acceptors (Lipinski definition) is 9. The second-order valence-electron chi connectivity index (χ2n) is 8.23. The van der Waals surface area contributed by atoms with E-state index in [0.29, 0.717) is 16.5 Å². The number of nitrogens with zero attached hydrogens (tertiary/aromatic N) is 4. The predicted molar refractivity (Wildman–Crippen MR) is 131 cm³/mol. The number of ketones is 1. The van der Waals surface area contributed by atoms with E-state index in [4.69, 9.17) is 0 Å². The standard InChI is InChI=1S/C23H19F3N6O4S2/c1-12(6-18(33)16-8-17(30-11-29-16)20-27-9-13(2)31-20)22-28-10-19(37-22)21(34)32-14-4-3-5-15(7-14)38(35,36)23(24,25)26/h3-5,7-12H,6H2,1-2H3,(H,27,31)(H,32,34). The van der Waals surface area contributed by atoms with Crippen molar-refractivity contribution in [2.24, 2.45) is 0 Å². The number of halogens is 3. The van der Waals surface area contributed by atoms with Gasteiger partial charge in [0, 0.05) is 29.9 Å². The number of benzene rings is 1. The number of thiazole rings is 1. The number of amides is 1. The number of sulfone groups is 1. The molecule has 38 heavy (non-hydrogen) atoms. The lowest BCUT2D eigenvalue weighted by molar-refractivity contribution is -0.0436. The minimum Gasteiger partial charge on any atom is -0.341 e. The fraction of sp³-hybridized carbons (Fsp3) is 0.217. The number of imidazole rings is 1. The van der Waals surface area contributed by atoms with E-state index in [-0.39, 0.29) is 34.4 Å². The summed E-state index contributed by atoms with van der Waals surface area (Å²) in [6, 6.07) is 5.39. The summed E-state index contributed by atoms with van der Waals surface area (Å²) < 4.78 is 61.8. The molecule has 0 spiro atoms. The molecule has 4 aromatic rings. The number of aromatic nitrogens is 5. The van der Waals surface area contributed by atoms with E-state index in [1.165, 1.54) is 24.7 Å². The number of carbonyl (C=O) groups excluding carboxylic acids is 2. The van der Waals surface area contributed by atoms with Gasteiger partial charge in [0.15, 0.2) is 11.6 Å². The van der Waals surface area contributed by atoms with Crippen LogP contribution in [0.5, 0.6) is 0 Å². The van der Waals surface area contributed by atoms with E-state index >= 15 is 0 Å². The van der Waals surface area contributed by atoms with Gasteiger partial charge in [0.05, 0.1) is 16.1 Å². The summed E-state index contributed by atoms with van der Waals surface area (Å²) in [6.45, 7) is 3.59. The zero-order chi connectivity index (χ0) is 27.7. The van der Waals surface area contributed by atoms with Crippen molar-refractivity contribution in [3.05, 3.63) is 70.3 Å². The van der Waals surface area contributed by atoms with Crippen LogP contribution >= 0.6 is 11.3 Å². The molecule has 2 N–H and O–H groups in total. The molecule has 1 aromatic carbocycles. The molecule has 0 radical (unpaired) electrons. The van der Waals surface area contributed by atoms with Crippen molar-refractivity contribution in [3.63, 3.8) is 0 Å². The van der Waals surface area contributed by atoms with Gasteiger partial charge in [-0.25, -0.2) is 28.4 Å². The van der Waals surface area contributed by atoms with Crippen molar-refractivity contribution < 1.29 is 31.2 Å². The molecule has 0 saturated heterocycles. The number of hydrogen-bond donors (Lipinski definition) is 2. The van der Waals surface area contributed by atoms with Gasteiger partial charge in [-0.3, -0.25) is 9.59 Å². The largest absolute Gasteiger partial charge is 0.501 e. The number of carbonyl (C=O) groups is 2. The second kappa shape index (κ2) is 10.4. The summed E-state index contributed by atoms with van der Waals surface area (Å²) in [5.74, 6) is -0.834. The second-order valence-corrected chi connectivity index (χ2v) is 11.2. The highest BCUT2D eigenvalue weighted by Gasteiger charge is 2.46. The van der Waals surface area contributed by atoms with Crippen molar-refractivity contribution in [3.8, 4) is 11.5 Å². The van der Waals surface area contributed by atoms with Crippen LogP contribution < -0.4 is 5.32 Å². The summed E-state index contributed by atoms with van der Waals surface area (Å²) in [6.07, 6.45) is 4.22. The molecule has 1 unspecified atom stereocenters. The Hall–Kier alpha value is -3.98. The Bertz CT molecular complexity index is 1610. The number of anilines is 1. The van der Waals surface area contributed by atoms with E-state index in [2.05, 4.69) is 30.2 Å². The Morgan fingerprint density at radius 3 is 2.55 bits per heavy atom. The molecule has 10 nitrogen and oxygen atoms in total. The summed E-state index contributed by atoms with van der Waals surface area (Å²) in [5.41, 5.74) is -4.11. The van der Waals surface area contributed by atoms with Gasteiger partial charge in [0.1, 0.15) is 22.6 Å². The SMILES string of the molecule is Cc1cnc(-c2cc(C(=O)CC(C)c3ncc(C(=O)Nc4cccc(S(=O)(=O)C(F)(F)F)c4)s3)ncn2)[nH]1. The lowest BCUT2D eigenvalue weighted by atomic mass is 10.0. The first-order valence-electron chi connectivity index (χ1n) is 10.9. The van der Waals surface area contributed by atoms with Crippen molar-refractivity contribution >= 4 is 38.6 Å². The van der Waals surface area contributed by atoms with Crippen LogP contribution in [0.3, 0.4) is 0 Å². The summed E-state index contributed by atoms with van der Waals surface area (Å²) in [4.78, 5) is 44.2. The smallest absolute Gasteiger partial charge is 0.341 e. The number of H-pyrrole nitrogens is 1. The molecule has 3 heterocycles. The highest BCUT2D eigenvalue weighted by atomic mass is 32.2. The van der Waals surface area contributed by atoms with Crippen molar-refractivity contribution in [1.29, 1.82) is 0 Å². The molecule has 1 atom stereocenters. The van der Waals surface area contributed by atoms with Gasteiger partial charge in [0.2, 0.25) is 0 Å². The molecule has 1 amide bonds. The first-order valence-corrected chi connectivity index (χ1v) is 13.2. The number of Topliss-reactive ketones (excluding diaryl/α,β-unsaturated/α-hetero) is 1. The highest BCUT2D eigenvalue weighted by Crippen LogP contribution is 2.32. The summed E-state index contributed by atoms with van der Waals surface area (Å²) >= 11 is 1.00. The summed E-state index contributed by atoms with van der Waals surface area (Å²) in [7, 11) is -5.57. The molecule has 15 heteroatoms. The van der Waals surface area contributed by atoms with E-state index in [1.54, 1.807) is 13.1 Å². The maximum Gasteiger partial charge on any atom is 0.501 e. The van der Waals surface area contributed by atoms with Crippen LogP contribution in [0.1, 0.15) is 50.1 Å². The van der Waals surface area contributed by atoms with Crippen LogP contribution in [0.25, 0.3) is 11.5 Å². The van der Waals surface area contributed by atoms with Crippen LogP contribution in [0.4, 0.5) is 18.9 Å². The van der Waals surface area contributed by atoms with Gasteiger partial charge in [-0.2, -0.15) is 13.2 Å². The third-order valence-corrected chi connectivity index (χ3v) is 7.98. The van der Waals surface area contributed by atoms with Gasteiger partial charge < -0.3 is 10.3 Å². The molecule has 0 fully saturated rings. The number of aryl methyl sites for hydroxylation is 1. The van der Waals surface area contributed by atoms with Crippen LogP contribution in [0.2, 0.25) is 0 Å². The Morgan fingerprint density at radius 1 is 1.11 bits per heavy atom. The van der Waals surface area contributed by atoms with E-state index in [0.717, 1.165) is 35.2 Å². The van der Waals surface area contributed by atoms with Crippen molar-refractivity contribution in [1.82, 2.24) is 24.9 Å². The maximum atomic E-state index is 12.8. The van der Waals surface area contributed by atoms with Crippen molar-refractivity contribution in [2.45, 2.75) is 36.6 Å². The fourth-order valence-corrected chi connectivity index (χ4v) is 5.01. The van der Waals surface area contributed by atoms with E-state index < -0.39 is 26.1 Å². The van der Waals surface area contributed by atoms with Crippen LogP contribution in [-0.2, 0) is 9.84 Å². The summed E-state index contributed by atoms with van der Waals surface area (Å²) in [5, 5.41) is 2.85. The number of aromatic amines is 1. The molecule has 0 aliphatic heterocycles. The van der Waals surface area contributed by atoms with Gasteiger partial charge in [-0.15, -0.1) is 11.3 Å². The lowest BCUT2D eigenvalue weighted by Crippen LogP contribution is -2.23. The van der Waals surface area contributed by atoms with E-state index in [9.17, 15) is 31.2 Å². The topological polar surface area (TPSA) is 148 Å². The minimum atomic E-state index is -5.57. The van der Waals surface area contributed by atoms with Gasteiger partial charge in [0.25, 0.3) is 15.7 Å². The third kappa shape index (κ3) is 5.78. The zero-order valence-electron chi connectivity index (χ0n) is 19.8. The van der Waals surface area contributed by atoms with Gasteiger partial charge >= 0.3 is 5.51 Å². The molecular formula is C23H19F3N6O4S2. The molecular weight excluding hydrogens is 545 g/mol. The Labute approximate surface area is 218 Å². The molecule has 3 aromatic heterocycles.